The van der Waals surface area contributed by atoms with E-state index in [9.17, 15) is 0 Å². The molecule has 0 aromatic heterocycles. The van der Waals surface area contributed by atoms with Gasteiger partial charge in [0.1, 0.15) is 0 Å². The van der Waals surface area contributed by atoms with Crippen molar-refractivity contribution < 1.29 is 22.6 Å². The van der Waals surface area contributed by atoms with E-state index in [0.717, 1.165) is 12.3 Å². The van der Waals surface area contributed by atoms with Gasteiger partial charge in [-0.15, -0.1) is 0 Å². The zero-order chi connectivity index (χ0) is 15.1. The number of unbranched alkanes of at least 4 members (excludes halogenated alkanes) is 5. The number of aliphatic hydroxyl groups excluding tert-OH is 1. The molecule has 0 spiro atoms. The van der Waals surface area contributed by atoms with Crippen LogP contribution in [0.4, 0.5) is 0 Å². The van der Waals surface area contributed by atoms with Gasteiger partial charge in [-0.05, 0) is 12.3 Å². The third kappa shape index (κ3) is 31.9. The minimum absolute atomic E-state index is 0.369. The molecule has 19 heavy (non-hydrogen) atoms. The maximum atomic E-state index is 8.60. The van der Waals surface area contributed by atoms with Crippen molar-refractivity contribution in [3.63, 3.8) is 0 Å². The number of rotatable bonds is 10. The van der Waals surface area contributed by atoms with E-state index < -0.39 is 10.4 Å². The molecule has 0 bridgehead atoms. The summed E-state index contributed by atoms with van der Waals surface area (Å²) >= 11 is 0. The van der Waals surface area contributed by atoms with Gasteiger partial charge in [0.15, 0.2) is 0 Å². The van der Waals surface area contributed by atoms with Crippen LogP contribution in [0.25, 0.3) is 0 Å². The van der Waals surface area contributed by atoms with Crippen LogP contribution in [0, 0.1) is 5.92 Å². The maximum Gasteiger partial charge on any atom is 0.0431 e. The van der Waals surface area contributed by atoms with Gasteiger partial charge in [0.05, 0.1) is 0 Å². The predicted octanol–water partition coefficient (Wildman–Crippen LogP) is 2.81. The molecule has 1 N–H and O–H groups in total. The monoisotopic (exact) mass is 296 g/mol. The van der Waals surface area contributed by atoms with E-state index in [0.29, 0.717) is 6.61 Å². The van der Waals surface area contributed by atoms with Gasteiger partial charge in [-0.3, -0.25) is 8.42 Å². The fraction of sp³-hybridized carbons (Fsp3) is 1.00. The largest absolute Gasteiger partial charge is 0.759 e. The Labute approximate surface area is 118 Å². The van der Waals surface area contributed by atoms with Crippen LogP contribution in [0.3, 0.4) is 0 Å². The van der Waals surface area contributed by atoms with Crippen LogP contribution < -0.4 is 0 Å². The maximum absolute atomic E-state index is 8.60. The Morgan fingerprint density at radius 3 is 1.79 bits per heavy atom. The molecule has 0 aromatic carbocycles. The third-order valence-corrected chi connectivity index (χ3v) is 2.89. The zero-order valence-electron chi connectivity index (χ0n) is 12.1. The summed E-state index contributed by atoms with van der Waals surface area (Å²) in [6, 6.07) is 0. The summed E-state index contributed by atoms with van der Waals surface area (Å²) in [6.45, 7) is 5.01. The summed E-state index contributed by atoms with van der Waals surface area (Å²) in [6.07, 6.45) is 11.8. The molecule has 5 nitrogen and oxygen atoms in total. The summed E-state index contributed by atoms with van der Waals surface area (Å²) < 4.78 is 34.1. The molecule has 0 saturated heterocycles. The second-order valence-corrected chi connectivity index (χ2v) is 5.75. The molecule has 1 atom stereocenters. The van der Waals surface area contributed by atoms with Crippen LogP contribution in [-0.4, -0.2) is 29.2 Å². The summed E-state index contributed by atoms with van der Waals surface area (Å²) in [5, 5.41) is 8.60. The third-order valence-electron chi connectivity index (χ3n) is 2.89. The summed E-state index contributed by atoms with van der Waals surface area (Å²) in [5.74, 6) is 0.928. The minimum atomic E-state index is -5.17. The van der Waals surface area contributed by atoms with Gasteiger partial charge >= 0.3 is 0 Å². The van der Waals surface area contributed by atoms with E-state index in [1.807, 2.05) is 0 Å². The Kier molecular flexibility index (Phi) is 15.8. The zero-order valence-corrected chi connectivity index (χ0v) is 13.0. The molecule has 0 fully saturated rings. The molecule has 0 saturated carbocycles. The quantitative estimate of drug-likeness (QED) is 0.379. The van der Waals surface area contributed by atoms with Crippen LogP contribution in [-0.2, 0) is 10.4 Å². The standard InChI is InChI=1S/C13H28O.H2O4S/c1-3-10-13(2)11-8-6-4-5-7-9-12-14;1-5(2,3)4/h13-14H,3-12H2,1-2H3;(H2,1,2,3,4)/p-2. The van der Waals surface area contributed by atoms with E-state index >= 15 is 0 Å². The lowest BCUT2D eigenvalue weighted by Gasteiger charge is -2.08. The van der Waals surface area contributed by atoms with Crippen LogP contribution in [0.15, 0.2) is 0 Å². The molecule has 0 aliphatic rings. The van der Waals surface area contributed by atoms with Gasteiger partial charge in [0.2, 0.25) is 0 Å². The van der Waals surface area contributed by atoms with Gasteiger partial charge in [0, 0.05) is 17.0 Å². The highest BCUT2D eigenvalue weighted by atomic mass is 32.3. The smallest absolute Gasteiger partial charge is 0.0431 e. The number of hydrogen-bond acceptors (Lipinski definition) is 5. The first-order valence-corrected chi connectivity index (χ1v) is 8.42. The van der Waals surface area contributed by atoms with Gasteiger partial charge in [-0.2, -0.15) is 0 Å². The Morgan fingerprint density at radius 1 is 0.947 bits per heavy atom. The fourth-order valence-corrected chi connectivity index (χ4v) is 1.95. The van der Waals surface area contributed by atoms with E-state index in [1.165, 1.54) is 51.4 Å². The van der Waals surface area contributed by atoms with Crippen molar-refractivity contribution in [1.82, 2.24) is 0 Å². The first-order valence-electron chi connectivity index (χ1n) is 7.08. The Balaban J connectivity index is 0. The lowest BCUT2D eigenvalue weighted by atomic mass is 9.98. The average molecular weight is 296 g/mol. The van der Waals surface area contributed by atoms with Crippen molar-refractivity contribution in [3.8, 4) is 0 Å². The molecule has 0 radical (unpaired) electrons. The first kappa shape index (κ1) is 21.1. The van der Waals surface area contributed by atoms with Crippen molar-refractivity contribution in [2.75, 3.05) is 6.61 Å². The van der Waals surface area contributed by atoms with Gasteiger partial charge < -0.3 is 14.2 Å². The molecule has 0 aromatic rings. The fourth-order valence-electron chi connectivity index (χ4n) is 1.95. The Bertz CT molecular complexity index is 256. The topological polar surface area (TPSA) is 100 Å². The van der Waals surface area contributed by atoms with Gasteiger partial charge in [-0.1, -0.05) is 65.2 Å². The van der Waals surface area contributed by atoms with Gasteiger partial charge in [0.25, 0.3) is 0 Å². The number of aliphatic hydroxyl groups is 1. The van der Waals surface area contributed by atoms with Crippen molar-refractivity contribution in [1.29, 1.82) is 0 Å². The molecule has 0 amide bonds. The predicted molar refractivity (Wildman–Crippen MR) is 74.0 cm³/mol. The van der Waals surface area contributed by atoms with E-state index in [-0.39, 0.29) is 0 Å². The SMILES string of the molecule is CCCC(C)CCCCCCCCO.O=S(=O)([O-])[O-]. The van der Waals surface area contributed by atoms with Crippen LogP contribution in [0.5, 0.6) is 0 Å². The Hall–Kier alpha value is -0.170. The van der Waals surface area contributed by atoms with Crippen molar-refractivity contribution in [2.24, 2.45) is 5.92 Å². The van der Waals surface area contributed by atoms with Crippen LogP contribution in [0.1, 0.15) is 71.6 Å². The summed E-state index contributed by atoms with van der Waals surface area (Å²) in [7, 11) is -5.17. The highest BCUT2D eigenvalue weighted by Gasteiger charge is 1.99. The van der Waals surface area contributed by atoms with Crippen LogP contribution >= 0.6 is 0 Å². The molecule has 1 unspecified atom stereocenters. The Morgan fingerprint density at radius 2 is 1.37 bits per heavy atom. The first-order chi connectivity index (χ1) is 8.81. The summed E-state index contributed by atoms with van der Waals surface area (Å²) in [4.78, 5) is 0. The second kappa shape index (κ2) is 14.2. The molecule has 0 aliphatic carbocycles. The van der Waals surface area contributed by atoms with Crippen molar-refractivity contribution in [3.05, 3.63) is 0 Å². The normalized spacial score (nSPS) is 12.7. The van der Waals surface area contributed by atoms with Gasteiger partial charge in [-0.25, -0.2) is 0 Å². The highest BCUT2D eigenvalue weighted by molar-refractivity contribution is 7.79. The second-order valence-electron chi connectivity index (χ2n) is 4.94. The molecule has 118 valence electrons. The van der Waals surface area contributed by atoms with E-state index in [4.69, 9.17) is 22.6 Å². The van der Waals surface area contributed by atoms with Crippen molar-refractivity contribution >= 4 is 10.4 Å². The van der Waals surface area contributed by atoms with Crippen molar-refractivity contribution in [2.45, 2.75) is 71.6 Å². The lowest BCUT2D eigenvalue weighted by Crippen LogP contribution is -1.93. The van der Waals surface area contributed by atoms with E-state index in [1.54, 1.807) is 0 Å². The molecule has 6 heteroatoms. The minimum Gasteiger partial charge on any atom is -0.759 e. The highest BCUT2D eigenvalue weighted by Crippen LogP contribution is 2.15. The lowest BCUT2D eigenvalue weighted by molar-refractivity contribution is 0.282. The average Bonchev–Trinajstić information content (AvgIpc) is 2.26. The number of hydrogen-bond donors (Lipinski definition) is 1. The molecular formula is C13H28O5S-2. The van der Waals surface area contributed by atoms with Crippen LogP contribution in [0.2, 0.25) is 0 Å². The molecule has 0 aliphatic heterocycles. The molecule has 0 heterocycles. The molecule has 0 rings (SSSR count). The molecular weight excluding hydrogens is 268 g/mol. The van der Waals surface area contributed by atoms with E-state index in [2.05, 4.69) is 13.8 Å². The summed E-state index contributed by atoms with van der Waals surface area (Å²) in [5.41, 5.74) is 0.